The molecule has 9 nitrogen and oxygen atoms in total. The van der Waals surface area contributed by atoms with Gasteiger partial charge in [0.05, 0.1) is 13.0 Å². The van der Waals surface area contributed by atoms with Crippen molar-refractivity contribution in [3.8, 4) is 0 Å². The summed E-state index contributed by atoms with van der Waals surface area (Å²) in [6.45, 7) is 3.23. The van der Waals surface area contributed by atoms with Crippen molar-refractivity contribution in [2.75, 3.05) is 51.1 Å². The normalized spacial score (nSPS) is 20.2. The maximum absolute atomic E-state index is 12.8. The zero-order valence-corrected chi connectivity index (χ0v) is 16.7. The standard InChI is InChI=1S/C19H24ClN5O4/c20-14-1-3-15(4-2-14)22-17(27)11-16-19(29)21-5-6-25(16)18(28)12-23-7-9-24(13-26)10-8-23/h1-4,13,16H,5-12H2,(H,21,29)(H,22,27)/t16-/m1/s1. The van der Waals surface area contributed by atoms with Gasteiger partial charge in [-0.15, -0.1) is 0 Å². The largest absolute Gasteiger partial charge is 0.353 e. The number of rotatable bonds is 6. The molecule has 2 aliphatic rings. The van der Waals surface area contributed by atoms with Crippen LogP contribution in [0.4, 0.5) is 5.69 Å². The molecule has 0 bridgehead atoms. The third kappa shape index (κ3) is 5.68. The minimum Gasteiger partial charge on any atom is -0.353 e. The molecule has 29 heavy (non-hydrogen) atoms. The fourth-order valence-corrected chi connectivity index (χ4v) is 3.57. The van der Waals surface area contributed by atoms with E-state index in [-0.39, 0.29) is 30.7 Å². The van der Waals surface area contributed by atoms with E-state index in [0.717, 1.165) is 6.41 Å². The molecular weight excluding hydrogens is 398 g/mol. The highest BCUT2D eigenvalue weighted by molar-refractivity contribution is 6.30. The molecule has 2 saturated heterocycles. The zero-order valence-electron chi connectivity index (χ0n) is 16.0. The first-order valence-corrected chi connectivity index (χ1v) is 9.88. The monoisotopic (exact) mass is 421 g/mol. The molecule has 0 aromatic heterocycles. The van der Waals surface area contributed by atoms with Crippen molar-refractivity contribution in [3.05, 3.63) is 29.3 Å². The highest BCUT2D eigenvalue weighted by atomic mass is 35.5. The van der Waals surface area contributed by atoms with E-state index in [0.29, 0.717) is 50.0 Å². The number of nitrogens with one attached hydrogen (secondary N) is 2. The first-order chi connectivity index (χ1) is 14.0. The van der Waals surface area contributed by atoms with E-state index < -0.39 is 6.04 Å². The second-order valence-electron chi connectivity index (χ2n) is 7.07. The number of benzene rings is 1. The molecule has 0 radical (unpaired) electrons. The lowest BCUT2D eigenvalue weighted by Gasteiger charge is -2.37. The minimum atomic E-state index is -0.847. The quantitative estimate of drug-likeness (QED) is 0.618. The summed E-state index contributed by atoms with van der Waals surface area (Å²) < 4.78 is 0. The minimum absolute atomic E-state index is 0.126. The summed E-state index contributed by atoms with van der Waals surface area (Å²) in [4.78, 5) is 53.5. The summed E-state index contributed by atoms with van der Waals surface area (Å²) in [7, 11) is 0. The van der Waals surface area contributed by atoms with Crippen molar-refractivity contribution in [2.45, 2.75) is 12.5 Å². The number of nitrogens with zero attached hydrogens (tertiary/aromatic N) is 3. The van der Waals surface area contributed by atoms with Crippen molar-refractivity contribution < 1.29 is 19.2 Å². The lowest BCUT2D eigenvalue weighted by atomic mass is 10.1. The molecule has 1 aromatic carbocycles. The summed E-state index contributed by atoms with van der Waals surface area (Å²) in [5.41, 5.74) is 0.571. The van der Waals surface area contributed by atoms with Crippen LogP contribution < -0.4 is 10.6 Å². The smallest absolute Gasteiger partial charge is 0.243 e. The van der Waals surface area contributed by atoms with Crippen LogP contribution in [0.3, 0.4) is 0 Å². The number of hydrogen-bond donors (Lipinski definition) is 2. The summed E-state index contributed by atoms with van der Waals surface area (Å²) in [6.07, 6.45) is 0.683. The molecule has 0 spiro atoms. The Bertz CT molecular complexity index is 764. The van der Waals surface area contributed by atoms with Crippen LogP contribution in [0, 0.1) is 0 Å². The second-order valence-corrected chi connectivity index (χ2v) is 7.51. The first-order valence-electron chi connectivity index (χ1n) is 9.50. The Labute approximate surface area is 173 Å². The van der Waals surface area contributed by atoms with Crippen LogP contribution in [0.1, 0.15) is 6.42 Å². The maximum Gasteiger partial charge on any atom is 0.243 e. The maximum atomic E-state index is 12.8. The number of anilines is 1. The third-order valence-corrected chi connectivity index (χ3v) is 5.32. The predicted octanol–water partition coefficient (Wildman–Crippen LogP) is -0.230. The molecule has 2 fully saturated rings. The van der Waals surface area contributed by atoms with Crippen molar-refractivity contribution in [3.63, 3.8) is 0 Å². The summed E-state index contributed by atoms with van der Waals surface area (Å²) >= 11 is 5.84. The number of halogens is 1. The average molecular weight is 422 g/mol. The highest BCUT2D eigenvalue weighted by Gasteiger charge is 2.35. The number of carbonyl (C=O) groups excluding carboxylic acids is 4. The van der Waals surface area contributed by atoms with Gasteiger partial charge in [0, 0.05) is 50.0 Å². The molecule has 156 valence electrons. The van der Waals surface area contributed by atoms with Gasteiger partial charge < -0.3 is 20.4 Å². The van der Waals surface area contributed by atoms with Gasteiger partial charge in [0.2, 0.25) is 24.1 Å². The molecule has 1 aromatic rings. The molecule has 2 N–H and O–H groups in total. The summed E-state index contributed by atoms with van der Waals surface area (Å²) in [5, 5.41) is 6.00. The lowest BCUT2D eigenvalue weighted by Crippen LogP contribution is -2.60. The molecule has 2 aliphatic heterocycles. The Hall–Kier alpha value is -2.65. The highest BCUT2D eigenvalue weighted by Crippen LogP contribution is 2.16. The van der Waals surface area contributed by atoms with Gasteiger partial charge in [-0.25, -0.2) is 0 Å². The lowest BCUT2D eigenvalue weighted by molar-refractivity contribution is -0.145. The fourth-order valence-electron chi connectivity index (χ4n) is 3.45. The number of piperazine rings is 2. The van der Waals surface area contributed by atoms with Crippen molar-refractivity contribution >= 4 is 41.4 Å². The summed E-state index contributed by atoms with van der Waals surface area (Å²) in [6, 6.07) is 5.81. The van der Waals surface area contributed by atoms with Crippen LogP contribution in [-0.4, -0.2) is 90.7 Å². The van der Waals surface area contributed by atoms with Crippen LogP contribution in [0.5, 0.6) is 0 Å². The van der Waals surface area contributed by atoms with Crippen molar-refractivity contribution in [1.29, 1.82) is 0 Å². The van der Waals surface area contributed by atoms with Gasteiger partial charge in [-0.1, -0.05) is 11.6 Å². The molecule has 0 aliphatic carbocycles. The van der Waals surface area contributed by atoms with E-state index in [1.54, 1.807) is 29.2 Å². The second kappa shape index (κ2) is 9.71. The molecule has 10 heteroatoms. The number of amides is 4. The van der Waals surface area contributed by atoms with Crippen LogP contribution >= 0.6 is 11.6 Å². The predicted molar refractivity (Wildman–Crippen MR) is 107 cm³/mol. The van der Waals surface area contributed by atoms with Gasteiger partial charge in [-0.2, -0.15) is 0 Å². The molecule has 0 unspecified atom stereocenters. The summed E-state index contributed by atoms with van der Waals surface area (Å²) in [5.74, 6) is -0.878. The average Bonchev–Trinajstić information content (AvgIpc) is 2.71. The van der Waals surface area contributed by atoms with Crippen molar-refractivity contribution in [2.24, 2.45) is 0 Å². The van der Waals surface area contributed by atoms with Crippen LogP contribution in [-0.2, 0) is 19.2 Å². The zero-order chi connectivity index (χ0) is 20.8. The van der Waals surface area contributed by atoms with E-state index in [1.807, 2.05) is 4.90 Å². The first kappa shape index (κ1) is 21.1. The van der Waals surface area contributed by atoms with Crippen LogP contribution in [0.2, 0.25) is 5.02 Å². The third-order valence-electron chi connectivity index (χ3n) is 5.07. The van der Waals surface area contributed by atoms with Gasteiger partial charge in [0.15, 0.2) is 0 Å². The SMILES string of the molecule is O=CN1CCN(CC(=O)N2CCNC(=O)[C@H]2CC(=O)Nc2ccc(Cl)cc2)CC1. The van der Waals surface area contributed by atoms with E-state index in [9.17, 15) is 19.2 Å². The van der Waals surface area contributed by atoms with Gasteiger partial charge >= 0.3 is 0 Å². The molecule has 0 saturated carbocycles. The van der Waals surface area contributed by atoms with E-state index in [2.05, 4.69) is 10.6 Å². The Balaban J connectivity index is 1.58. The Morgan fingerprint density at radius 3 is 2.48 bits per heavy atom. The van der Waals surface area contributed by atoms with E-state index in [4.69, 9.17) is 11.6 Å². The van der Waals surface area contributed by atoms with Crippen molar-refractivity contribution in [1.82, 2.24) is 20.0 Å². The topological polar surface area (TPSA) is 102 Å². The molecule has 3 rings (SSSR count). The van der Waals surface area contributed by atoms with Gasteiger partial charge in [0.1, 0.15) is 6.04 Å². The van der Waals surface area contributed by atoms with Crippen LogP contribution in [0.15, 0.2) is 24.3 Å². The number of carbonyl (C=O) groups is 4. The van der Waals surface area contributed by atoms with Gasteiger partial charge in [-0.3, -0.25) is 24.1 Å². The molecule has 1 atom stereocenters. The van der Waals surface area contributed by atoms with Gasteiger partial charge in [-0.05, 0) is 24.3 Å². The van der Waals surface area contributed by atoms with Gasteiger partial charge in [0.25, 0.3) is 0 Å². The van der Waals surface area contributed by atoms with E-state index in [1.165, 1.54) is 4.90 Å². The molecule has 4 amide bonds. The Kier molecular flexibility index (Phi) is 7.05. The molecule has 2 heterocycles. The fraction of sp³-hybridized carbons (Fsp3) is 0.474. The Morgan fingerprint density at radius 2 is 1.83 bits per heavy atom. The van der Waals surface area contributed by atoms with Crippen LogP contribution in [0.25, 0.3) is 0 Å². The Morgan fingerprint density at radius 1 is 1.14 bits per heavy atom. The van der Waals surface area contributed by atoms with E-state index >= 15 is 0 Å². The number of hydrogen-bond acceptors (Lipinski definition) is 5. The molecular formula is C19H24ClN5O4.